The smallest absolute Gasteiger partial charge is 0.155 e. The van der Waals surface area contributed by atoms with E-state index in [0.717, 1.165) is 24.2 Å². The molecule has 1 aliphatic carbocycles. The molecule has 0 saturated heterocycles. The predicted octanol–water partition coefficient (Wildman–Crippen LogP) is 1.33. The van der Waals surface area contributed by atoms with Gasteiger partial charge in [-0.05, 0) is 24.5 Å². The molecule has 3 rings (SSSR count). The fourth-order valence-corrected chi connectivity index (χ4v) is 1.77. The molecule has 0 spiro atoms. The molecule has 2 aromatic heterocycles. The number of pyridine rings is 1. The second-order valence-electron chi connectivity index (χ2n) is 3.97. The predicted molar refractivity (Wildman–Crippen MR) is 58.9 cm³/mol. The van der Waals surface area contributed by atoms with Gasteiger partial charge in [0.15, 0.2) is 5.82 Å². The summed E-state index contributed by atoms with van der Waals surface area (Å²) >= 11 is 0. The van der Waals surface area contributed by atoms with Gasteiger partial charge in [0.2, 0.25) is 0 Å². The molecule has 1 fully saturated rings. The molecule has 0 radical (unpaired) electrons. The molecular formula is C12H10N4. The number of nitrogens with zero attached hydrogens (tertiary/aromatic N) is 4. The molecule has 1 aliphatic rings. The van der Waals surface area contributed by atoms with Gasteiger partial charge in [-0.2, -0.15) is 5.10 Å². The first-order valence-corrected chi connectivity index (χ1v) is 5.13. The second kappa shape index (κ2) is 3.17. The van der Waals surface area contributed by atoms with Gasteiger partial charge in [-0.15, -0.1) is 6.42 Å². The van der Waals surface area contributed by atoms with Crippen LogP contribution in [0, 0.1) is 12.3 Å². The Balaban J connectivity index is 1.95. The average molecular weight is 210 g/mol. The maximum atomic E-state index is 5.53. The topological polar surface area (TPSA) is 43.6 Å². The van der Waals surface area contributed by atoms with Gasteiger partial charge in [0.25, 0.3) is 0 Å². The van der Waals surface area contributed by atoms with Gasteiger partial charge in [-0.3, -0.25) is 0 Å². The molecule has 0 N–H and O–H groups in total. The van der Waals surface area contributed by atoms with Gasteiger partial charge in [0, 0.05) is 6.20 Å². The van der Waals surface area contributed by atoms with E-state index in [-0.39, 0.29) is 5.41 Å². The Kier molecular flexibility index (Phi) is 1.80. The molecule has 0 aliphatic heterocycles. The summed E-state index contributed by atoms with van der Waals surface area (Å²) in [5, 5.41) is 4.02. The van der Waals surface area contributed by atoms with Crippen molar-refractivity contribution in [3.63, 3.8) is 0 Å². The summed E-state index contributed by atoms with van der Waals surface area (Å²) in [6.07, 6.45) is 12.6. The largest absolute Gasteiger partial charge is 0.237 e. The molecule has 2 aromatic rings. The summed E-state index contributed by atoms with van der Waals surface area (Å²) in [6.45, 7) is 0. The number of aromatic nitrogens is 4. The fraction of sp³-hybridized carbons (Fsp3) is 0.250. The second-order valence-corrected chi connectivity index (χ2v) is 3.97. The van der Waals surface area contributed by atoms with Crippen LogP contribution in [0.15, 0.2) is 31.0 Å². The minimum absolute atomic E-state index is 0.0477. The summed E-state index contributed by atoms with van der Waals surface area (Å²) in [7, 11) is 0. The van der Waals surface area contributed by atoms with Crippen molar-refractivity contribution in [3.05, 3.63) is 36.5 Å². The lowest BCUT2D eigenvalue weighted by atomic mass is 9.99. The van der Waals surface area contributed by atoms with Gasteiger partial charge < -0.3 is 0 Å². The highest BCUT2D eigenvalue weighted by atomic mass is 15.3. The first-order chi connectivity index (χ1) is 7.84. The Morgan fingerprint density at radius 1 is 1.38 bits per heavy atom. The zero-order chi connectivity index (χ0) is 11.0. The lowest BCUT2D eigenvalue weighted by Crippen LogP contribution is -2.05. The molecule has 4 nitrogen and oxygen atoms in total. The van der Waals surface area contributed by atoms with Gasteiger partial charge in [-0.1, -0.05) is 12.0 Å². The van der Waals surface area contributed by atoms with Gasteiger partial charge in [0.05, 0.1) is 5.41 Å². The summed E-state index contributed by atoms with van der Waals surface area (Å²) in [4.78, 5) is 8.22. The van der Waals surface area contributed by atoms with Crippen molar-refractivity contribution in [1.29, 1.82) is 0 Å². The molecule has 2 heterocycles. The standard InChI is InChI=1S/C12H10N4/c1-2-12(5-6-12)10-3-4-11(14-7-10)16-9-13-8-15-16/h1,3-4,7-9H,5-6H2. The van der Waals surface area contributed by atoms with Crippen molar-refractivity contribution in [2.75, 3.05) is 0 Å². The van der Waals surface area contributed by atoms with Crippen molar-refractivity contribution in [3.8, 4) is 18.2 Å². The molecule has 0 unspecified atom stereocenters. The van der Waals surface area contributed by atoms with Crippen molar-refractivity contribution >= 4 is 0 Å². The molecule has 78 valence electrons. The highest BCUT2D eigenvalue weighted by Gasteiger charge is 2.42. The monoisotopic (exact) mass is 210 g/mol. The van der Waals surface area contributed by atoms with Gasteiger partial charge in [-0.25, -0.2) is 14.6 Å². The van der Waals surface area contributed by atoms with Crippen LogP contribution in [0.4, 0.5) is 0 Å². The number of terminal acetylenes is 1. The Morgan fingerprint density at radius 2 is 2.25 bits per heavy atom. The van der Waals surface area contributed by atoms with E-state index < -0.39 is 0 Å². The Labute approximate surface area is 93.4 Å². The lowest BCUT2D eigenvalue weighted by Gasteiger charge is -2.07. The Bertz CT molecular complexity index is 529. The number of hydrogen-bond donors (Lipinski definition) is 0. The summed E-state index contributed by atoms with van der Waals surface area (Å²) in [5.41, 5.74) is 1.08. The summed E-state index contributed by atoms with van der Waals surface area (Å²) in [5.74, 6) is 3.61. The lowest BCUT2D eigenvalue weighted by molar-refractivity contribution is 0.833. The molecule has 0 bridgehead atoms. The van der Waals surface area contributed by atoms with E-state index in [1.165, 1.54) is 6.33 Å². The number of hydrogen-bond acceptors (Lipinski definition) is 3. The minimum Gasteiger partial charge on any atom is -0.237 e. The first-order valence-electron chi connectivity index (χ1n) is 5.13. The van der Waals surface area contributed by atoms with Crippen LogP contribution in [0.1, 0.15) is 18.4 Å². The van der Waals surface area contributed by atoms with E-state index in [1.54, 1.807) is 11.0 Å². The zero-order valence-electron chi connectivity index (χ0n) is 8.67. The van der Waals surface area contributed by atoms with Crippen LogP contribution >= 0.6 is 0 Å². The van der Waals surface area contributed by atoms with Gasteiger partial charge >= 0.3 is 0 Å². The third-order valence-electron chi connectivity index (χ3n) is 2.98. The average Bonchev–Trinajstić information content (AvgIpc) is 2.96. The van der Waals surface area contributed by atoms with Crippen molar-refractivity contribution in [1.82, 2.24) is 19.7 Å². The maximum absolute atomic E-state index is 5.53. The van der Waals surface area contributed by atoms with Crippen LogP contribution in [0.5, 0.6) is 0 Å². The molecule has 0 amide bonds. The van der Waals surface area contributed by atoms with E-state index >= 15 is 0 Å². The normalized spacial score (nSPS) is 16.7. The highest BCUT2D eigenvalue weighted by Crippen LogP contribution is 2.47. The van der Waals surface area contributed by atoms with E-state index in [1.807, 2.05) is 18.3 Å². The fourth-order valence-electron chi connectivity index (χ4n) is 1.77. The molecule has 0 atom stereocenters. The quantitative estimate of drug-likeness (QED) is 0.702. The molecular weight excluding hydrogens is 200 g/mol. The van der Waals surface area contributed by atoms with Crippen LogP contribution in [-0.2, 0) is 5.41 Å². The van der Waals surface area contributed by atoms with Crippen LogP contribution in [0.3, 0.4) is 0 Å². The maximum Gasteiger partial charge on any atom is 0.155 e. The van der Waals surface area contributed by atoms with E-state index in [9.17, 15) is 0 Å². The third-order valence-corrected chi connectivity index (χ3v) is 2.98. The Morgan fingerprint density at radius 3 is 2.75 bits per heavy atom. The van der Waals surface area contributed by atoms with Crippen LogP contribution in [0.25, 0.3) is 5.82 Å². The minimum atomic E-state index is -0.0477. The van der Waals surface area contributed by atoms with E-state index in [2.05, 4.69) is 21.0 Å². The van der Waals surface area contributed by atoms with Crippen LogP contribution in [0.2, 0.25) is 0 Å². The third kappa shape index (κ3) is 1.29. The molecule has 4 heteroatoms. The molecule has 1 saturated carbocycles. The summed E-state index contributed by atoms with van der Waals surface area (Å²) < 4.78 is 1.62. The number of rotatable bonds is 2. The van der Waals surface area contributed by atoms with E-state index in [0.29, 0.717) is 0 Å². The zero-order valence-corrected chi connectivity index (χ0v) is 8.67. The van der Waals surface area contributed by atoms with E-state index in [4.69, 9.17) is 6.42 Å². The molecule has 0 aromatic carbocycles. The van der Waals surface area contributed by atoms with Crippen LogP contribution in [-0.4, -0.2) is 19.7 Å². The Hall–Kier alpha value is -2.15. The molecule has 16 heavy (non-hydrogen) atoms. The highest BCUT2D eigenvalue weighted by molar-refractivity contribution is 5.40. The van der Waals surface area contributed by atoms with Crippen molar-refractivity contribution in [2.45, 2.75) is 18.3 Å². The van der Waals surface area contributed by atoms with Crippen LogP contribution < -0.4 is 0 Å². The van der Waals surface area contributed by atoms with Crippen molar-refractivity contribution < 1.29 is 0 Å². The SMILES string of the molecule is C#CC1(c2ccc(-n3cncn3)nc2)CC1. The van der Waals surface area contributed by atoms with Crippen molar-refractivity contribution in [2.24, 2.45) is 0 Å². The first kappa shape index (κ1) is 9.10. The van der Waals surface area contributed by atoms with Gasteiger partial charge in [0.1, 0.15) is 12.7 Å². The summed E-state index contributed by atoms with van der Waals surface area (Å²) in [6, 6.07) is 3.94.